The molecule has 0 spiro atoms. The Labute approximate surface area is 130 Å². The molecule has 1 atom stereocenters. The van der Waals surface area contributed by atoms with Crippen LogP contribution in [0, 0.1) is 0 Å². The van der Waals surface area contributed by atoms with Crippen LogP contribution in [0.2, 0.25) is 0 Å². The predicted octanol–water partition coefficient (Wildman–Crippen LogP) is 4.15. The average molecular weight is 348 g/mol. The maximum atomic E-state index is 4.56. The summed E-state index contributed by atoms with van der Waals surface area (Å²) in [6.07, 6.45) is 3.68. The number of thiazole rings is 1. The van der Waals surface area contributed by atoms with Crippen LogP contribution in [0.3, 0.4) is 0 Å². The molecule has 1 aromatic carbocycles. The van der Waals surface area contributed by atoms with Crippen molar-refractivity contribution >= 4 is 38.2 Å². The highest BCUT2D eigenvalue weighted by Gasteiger charge is 2.19. The molecule has 0 amide bonds. The van der Waals surface area contributed by atoms with E-state index in [9.17, 15) is 0 Å². The van der Waals surface area contributed by atoms with Gasteiger partial charge < -0.3 is 5.32 Å². The first-order valence-corrected chi connectivity index (χ1v) is 8.14. The zero-order valence-corrected chi connectivity index (χ0v) is 13.4. The van der Waals surface area contributed by atoms with E-state index in [0.717, 1.165) is 26.9 Å². The van der Waals surface area contributed by atoms with E-state index in [1.54, 1.807) is 11.3 Å². The van der Waals surface area contributed by atoms with E-state index in [1.165, 1.54) is 5.56 Å². The average Bonchev–Trinajstić information content (AvgIpc) is 3.00. The number of rotatable bonds is 4. The minimum Gasteiger partial charge on any atom is -0.304 e. The summed E-state index contributed by atoms with van der Waals surface area (Å²) in [7, 11) is 0. The third-order valence-electron chi connectivity index (χ3n) is 3.17. The SMILES string of the molecule is CCNC(c1nccs1)c1ccc(Br)c2cccnc12. The van der Waals surface area contributed by atoms with Gasteiger partial charge in [-0.3, -0.25) is 4.98 Å². The van der Waals surface area contributed by atoms with Crippen molar-refractivity contribution in [3.8, 4) is 0 Å². The van der Waals surface area contributed by atoms with Gasteiger partial charge in [-0.25, -0.2) is 4.98 Å². The summed E-state index contributed by atoms with van der Waals surface area (Å²) in [6, 6.07) is 8.33. The van der Waals surface area contributed by atoms with E-state index in [2.05, 4.69) is 56.3 Å². The van der Waals surface area contributed by atoms with Gasteiger partial charge in [0.2, 0.25) is 0 Å². The van der Waals surface area contributed by atoms with Crippen LogP contribution in [-0.4, -0.2) is 16.5 Å². The number of halogens is 1. The molecule has 0 fully saturated rings. The van der Waals surface area contributed by atoms with Crippen molar-refractivity contribution in [1.29, 1.82) is 0 Å². The van der Waals surface area contributed by atoms with Gasteiger partial charge in [-0.1, -0.05) is 35.0 Å². The number of fused-ring (bicyclic) bond motifs is 1. The Morgan fingerprint density at radius 3 is 2.90 bits per heavy atom. The largest absolute Gasteiger partial charge is 0.304 e. The number of nitrogens with one attached hydrogen (secondary N) is 1. The Kier molecular flexibility index (Phi) is 4.10. The maximum absolute atomic E-state index is 4.56. The van der Waals surface area contributed by atoms with Crippen molar-refractivity contribution in [2.24, 2.45) is 0 Å². The van der Waals surface area contributed by atoms with Gasteiger partial charge in [-0.15, -0.1) is 11.3 Å². The van der Waals surface area contributed by atoms with E-state index in [-0.39, 0.29) is 6.04 Å². The lowest BCUT2D eigenvalue weighted by Crippen LogP contribution is -2.22. The highest BCUT2D eigenvalue weighted by Crippen LogP contribution is 2.32. The zero-order valence-electron chi connectivity index (χ0n) is 11.0. The second-order valence-corrected chi connectivity index (χ2v) is 6.18. The number of benzene rings is 1. The summed E-state index contributed by atoms with van der Waals surface area (Å²) in [4.78, 5) is 9.02. The van der Waals surface area contributed by atoms with Crippen molar-refractivity contribution in [2.45, 2.75) is 13.0 Å². The lowest BCUT2D eigenvalue weighted by atomic mass is 10.0. The third kappa shape index (κ3) is 2.49. The molecule has 0 saturated carbocycles. The number of hydrogen-bond donors (Lipinski definition) is 1. The molecule has 102 valence electrons. The predicted molar refractivity (Wildman–Crippen MR) is 87.1 cm³/mol. The molecule has 2 heterocycles. The molecule has 3 aromatic rings. The van der Waals surface area contributed by atoms with Crippen LogP contribution in [0.25, 0.3) is 10.9 Å². The first kappa shape index (κ1) is 13.7. The Morgan fingerprint density at radius 2 is 2.15 bits per heavy atom. The van der Waals surface area contributed by atoms with Crippen LogP contribution in [-0.2, 0) is 0 Å². The van der Waals surface area contributed by atoms with Crippen molar-refractivity contribution in [3.05, 3.63) is 57.1 Å². The fourth-order valence-corrected chi connectivity index (χ4v) is 3.49. The van der Waals surface area contributed by atoms with Crippen LogP contribution >= 0.6 is 27.3 Å². The molecular formula is C15H14BrN3S. The summed E-state index contributed by atoms with van der Waals surface area (Å²) >= 11 is 5.26. The molecule has 0 aliphatic heterocycles. The van der Waals surface area contributed by atoms with Crippen LogP contribution < -0.4 is 5.32 Å². The molecule has 0 aliphatic rings. The lowest BCUT2D eigenvalue weighted by molar-refractivity contribution is 0.630. The fraction of sp³-hybridized carbons (Fsp3) is 0.200. The molecule has 5 heteroatoms. The smallest absolute Gasteiger partial charge is 0.114 e. The van der Waals surface area contributed by atoms with E-state index in [1.807, 2.05) is 23.8 Å². The molecule has 0 saturated heterocycles. The zero-order chi connectivity index (χ0) is 13.9. The molecule has 1 N–H and O–H groups in total. The number of pyridine rings is 1. The van der Waals surface area contributed by atoms with Gasteiger partial charge in [-0.2, -0.15) is 0 Å². The first-order chi connectivity index (χ1) is 9.81. The van der Waals surface area contributed by atoms with E-state index in [0.29, 0.717) is 0 Å². The summed E-state index contributed by atoms with van der Waals surface area (Å²) in [5.74, 6) is 0. The number of hydrogen-bond acceptors (Lipinski definition) is 4. The highest BCUT2D eigenvalue weighted by atomic mass is 79.9. The summed E-state index contributed by atoms with van der Waals surface area (Å²) in [6.45, 7) is 2.99. The number of aromatic nitrogens is 2. The Bertz CT molecular complexity index is 712. The van der Waals surface area contributed by atoms with E-state index < -0.39 is 0 Å². The maximum Gasteiger partial charge on any atom is 0.114 e. The fourth-order valence-electron chi connectivity index (χ4n) is 2.30. The number of nitrogens with zero attached hydrogens (tertiary/aromatic N) is 2. The minimum absolute atomic E-state index is 0.0884. The van der Waals surface area contributed by atoms with Gasteiger partial charge in [0, 0.05) is 33.2 Å². The van der Waals surface area contributed by atoms with Crippen molar-refractivity contribution in [2.75, 3.05) is 6.54 Å². The topological polar surface area (TPSA) is 37.8 Å². The molecule has 1 unspecified atom stereocenters. The molecule has 2 aromatic heterocycles. The van der Waals surface area contributed by atoms with Gasteiger partial charge in [0.05, 0.1) is 11.6 Å². The normalized spacial score (nSPS) is 12.7. The standard InChI is InChI=1S/C15H14BrN3S/c1-2-17-14(15-19-8-9-20-15)11-5-6-12(16)10-4-3-7-18-13(10)11/h3-9,14,17H,2H2,1H3. The minimum atomic E-state index is 0.0884. The summed E-state index contributed by atoms with van der Waals surface area (Å²) < 4.78 is 1.07. The monoisotopic (exact) mass is 347 g/mol. The van der Waals surface area contributed by atoms with Gasteiger partial charge in [0.25, 0.3) is 0 Å². The lowest BCUT2D eigenvalue weighted by Gasteiger charge is -2.18. The van der Waals surface area contributed by atoms with Crippen molar-refractivity contribution in [3.63, 3.8) is 0 Å². The first-order valence-electron chi connectivity index (χ1n) is 6.47. The molecule has 0 radical (unpaired) electrons. The third-order valence-corrected chi connectivity index (χ3v) is 4.70. The van der Waals surface area contributed by atoms with Gasteiger partial charge in [0.1, 0.15) is 5.01 Å². The summed E-state index contributed by atoms with van der Waals surface area (Å²) in [5.41, 5.74) is 2.18. The van der Waals surface area contributed by atoms with E-state index in [4.69, 9.17) is 0 Å². The molecule has 20 heavy (non-hydrogen) atoms. The quantitative estimate of drug-likeness (QED) is 0.770. The van der Waals surface area contributed by atoms with Gasteiger partial charge in [0.15, 0.2) is 0 Å². The molecular weight excluding hydrogens is 334 g/mol. The second-order valence-electron chi connectivity index (χ2n) is 4.40. The van der Waals surface area contributed by atoms with Crippen LogP contribution in [0.1, 0.15) is 23.5 Å². The van der Waals surface area contributed by atoms with Crippen LogP contribution in [0.5, 0.6) is 0 Å². The van der Waals surface area contributed by atoms with Gasteiger partial charge in [-0.05, 0) is 18.7 Å². The Morgan fingerprint density at radius 1 is 1.25 bits per heavy atom. The second kappa shape index (κ2) is 5.99. The Hall–Kier alpha value is -1.30. The van der Waals surface area contributed by atoms with Gasteiger partial charge >= 0.3 is 0 Å². The molecule has 3 nitrogen and oxygen atoms in total. The molecule has 0 aliphatic carbocycles. The van der Waals surface area contributed by atoms with Crippen LogP contribution in [0.15, 0.2) is 46.5 Å². The highest BCUT2D eigenvalue weighted by molar-refractivity contribution is 9.10. The molecule has 3 rings (SSSR count). The molecule has 0 bridgehead atoms. The van der Waals surface area contributed by atoms with Crippen LogP contribution in [0.4, 0.5) is 0 Å². The Balaban J connectivity index is 2.19. The van der Waals surface area contributed by atoms with Crippen molar-refractivity contribution < 1.29 is 0 Å². The van der Waals surface area contributed by atoms with E-state index >= 15 is 0 Å². The summed E-state index contributed by atoms with van der Waals surface area (Å²) in [5, 5.41) is 7.71. The van der Waals surface area contributed by atoms with Crippen molar-refractivity contribution in [1.82, 2.24) is 15.3 Å².